The van der Waals surface area contributed by atoms with Gasteiger partial charge < -0.3 is 15.5 Å². The molecule has 3 N–H and O–H groups in total. The van der Waals surface area contributed by atoms with Crippen molar-refractivity contribution in [2.45, 2.75) is 13.0 Å². The fourth-order valence-electron chi connectivity index (χ4n) is 2.10. The second-order valence-corrected chi connectivity index (χ2v) is 5.74. The topological polar surface area (TPSA) is 63.5 Å². The van der Waals surface area contributed by atoms with Crippen LogP contribution in [0.2, 0.25) is 0 Å². The van der Waals surface area contributed by atoms with E-state index in [0.29, 0.717) is 12.5 Å². The fourth-order valence-corrected chi connectivity index (χ4v) is 2.81. The van der Waals surface area contributed by atoms with Crippen molar-refractivity contribution in [3.05, 3.63) is 58.5 Å². The number of para-hydroxylation sites is 1. The first-order valence-electron chi connectivity index (χ1n) is 6.85. The molecule has 0 radical (unpaired) electrons. The molecule has 0 fully saturated rings. The van der Waals surface area contributed by atoms with Gasteiger partial charge in [-0.05, 0) is 30.0 Å². The Morgan fingerprint density at radius 3 is 2.86 bits per heavy atom. The number of nitrogens with two attached hydrogens (primary N) is 1. The molecular weight excluding hydrogens is 409 g/mol. The van der Waals surface area contributed by atoms with Crippen LogP contribution in [0, 0.1) is 0 Å². The number of thiophene rings is 1. The van der Waals surface area contributed by atoms with Crippen molar-refractivity contribution in [2.24, 2.45) is 10.7 Å². The van der Waals surface area contributed by atoms with Crippen molar-refractivity contribution in [2.75, 3.05) is 6.54 Å². The predicted octanol–water partition coefficient (Wildman–Crippen LogP) is 3.76. The van der Waals surface area contributed by atoms with Gasteiger partial charge in [0.2, 0.25) is 0 Å². The van der Waals surface area contributed by atoms with Gasteiger partial charge in [0.1, 0.15) is 17.9 Å². The number of nitrogens with one attached hydrogen (secondary N) is 1. The second-order valence-electron chi connectivity index (χ2n) is 4.71. The molecule has 116 valence electrons. The molecule has 0 aliphatic carbocycles. The van der Waals surface area contributed by atoms with Crippen LogP contribution in [0.4, 0.5) is 0 Å². The molecule has 0 amide bonds. The number of guanidine groups is 1. The molecule has 4 nitrogen and oxygen atoms in total. The predicted molar refractivity (Wildman–Crippen MR) is 103 cm³/mol. The van der Waals surface area contributed by atoms with Crippen molar-refractivity contribution in [1.82, 2.24) is 5.32 Å². The smallest absolute Gasteiger partial charge is 0.189 e. The Balaban J connectivity index is 0.00000176. The minimum atomic E-state index is 0. The van der Waals surface area contributed by atoms with E-state index < -0.39 is 0 Å². The van der Waals surface area contributed by atoms with Crippen LogP contribution in [0.25, 0.3) is 11.0 Å². The Hall–Kier alpha value is -1.54. The van der Waals surface area contributed by atoms with E-state index >= 15 is 0 Å². The largest absolute Gasteiger partial charge is 0.459 e. The van der Waals surface area contributed by atoms with E-state index in [1.54, 1.807) is 11.3 Å². The SMILES string of the molecule is I.NC(=NCc1cc2ccccc2o1)NCCc1cccs1. The maximum atomic E-state index is 5.86. The van der Waals surface area contributed by atoms with Crippen LogP contribution in [0.5, 0.6) is 0 Å². The van der Waals surface area contributed by atoms with Gasteiger partial charge in [-0.3, -0.25) is 0 Å². The van der Waals surface area contributed by atoms with Crippen LogP contribution in [0.3, 0.4) is 0 Å². The average molecular weight is 427 g/mol. The molecule has 0 atom stereocenters. The molecule has 6 heteroatoms. The molecule has 0 saturated heterocycles. The van der Waals surface area contributed by atoms with Crippen molar-refractivity contribution in [3.8, 4) is 0 Å². The van der Waals surface area contributed by atoms with E-state index in [2.05, 4.69) is 27.8 Å². The van der Waals surface area contributed by atoms with Gasteiger partial charge in [-0.2, -0.15) is 0 Å². The van der Waals surface area contributed by atoms with Crippen molar-refractivity contribution < 1.29 is 4.42 Å². The van der Waals surface area contributed by atoms with Gasteiger partial charge in [-0.15, -0.1) is 35.3 Å². The molecule has 2 aromatic heterocycles. The number of hydrogen-bond acceptors (Lipinski definition) is 3. The maximum Gasteiger partial charge on any atom is 0.189 e. The summed E-state index contributed by atoms with van der Waals surface area (Å²) in [5.41, 5.74) is 6.74. The molecule has 22 heavy (non-hydrogen) atoms. The number of benzene rings is 1. The van der Waals surface area contributed by atoms with E-state index in [1.165, 1.54) is 4.88 Å². The lowest BCUT2D eigenvalue weighted by molar-refractivity contribution is 0.552. The molecule has 0 saturated carbocycles. The highest BCUT2D eigenvalue weighted by Crippen LogP contribution is 2.19. The lowest BCUT2D eigenvalue weighted by Gasteiger charge is -2.03. The zero-order valence-electron chi connectivity index (χ0n) is 12.0. The first kappa shape index (κ1) is 16.8. The third-order valence-electron chi connectivity index (χ3n) is 3.14. The summed E-state index contributed by atoms with van der Waals surface area (Å²) >= 11 is 1.75. The van der Waals surface area contributed by atoms with Gasteiger partial charge in [0.05, 0.1) is 0 Å². The lowest BCUT2D eigenvalue weighted by Crippen LogP contribution is -2.33. The van der Waals surface area contributed by atoms with Crippen molar-refractivity contribution in [1.29, 1.82) is 0 Å². The summed E-state index contributed by atoms with van der Waals surface area (Å²) in [6.07, 6.45) is 0.957. The van der Waals surface area contributed by atoms with E-state index in [4.69, 9.17) is 10.2 Å². The lowest BCUT2D eigenvalue weighted by atomic mass is 10.2. The quantitative estimate of drug-likeness (QED) is 0.370. The Morgan fingerprint density at radius 2 is 2.09 bits per heavy atom. The second kappa shape index (κ2) is 8.19. The third-order valence-corrected chi connectivity index (χ3v) is 4.08. The Kier molecular flexibility index (Phi) is 6.26. The normalized spacial score (nSPS) is 11.4. The number of nitrogens with zero attached hydrogens (tertiary/aromatic N) is 1. The minimum Gasteiger partial charge on any atom is -0.459 e. The Morgan fingerprint density at radius 1 is 1.23 bits per heavy atom. The highest BCUT2D eigenvalue weighted by molar-refractivity contribution is 14.0. The summed E-state index contributed by atoms with van der Waals surface area (Å²) in [6, 6.07) is 14.1. The van der Waals surface area contributed by atoms with Gasteiger partial charge in [0, 0.05) is 16.8 Å². The van der Waals surface area contributed by atoms with Crippen LogP contribution < -0.4 is 11.1 Å². The molecule has 2 heterocycles. The number of rotatable bonds is 5. The van der Waals surface area contributed by atoms with Crippen LogP contribution in [-0.2, 0) is 13.0 Å². The van der Waals surface area contributed by atoms with Crippen LogP contribution in [-0.4, -0.2) is 12.5 Å². The number of furan rings is 1. The van der Waals surface area contributed by atoms with Gasteiger partial charge in [-0.25, -0.2) is 4.99 Å². The number of fused-ring (bicyclic) bond motifs is 1. The minimum absolute atomic E-state index is 0. The molecule has 0 aliphatic rings. The zero-order valence-corrected chi connectivity index (χ0v) is 15.1. The van der Waals surface area contributed by atoms with Crippen molar-refractivity contribution in [3.63, 3.8) is 0 Å². The molecule has 3 rings (SSSR count). The van der Waals surface area contributed by atoms with E-state index in [0.717, 1.165) is 29.7 Å². The summed E-state index contributed by atoms with van der Waals surface area (Å²) < 4.78 is 5.69. The van der Waals surface area contributed by atoms with E-state index in [9.17, 15) is 0 Å². The van der Waals surface area contributed by atoms with Crippen molar-refractivity contribution >= 4 is 52.2 Å². The zero-order chi connectivity index (χ0) is 14.5. The summed E-state index contributed by atoms with van der Waals surface area (Å²) in [4.78, 5) is 5.64. The standard InChI is InChI=1S/C16H17N3OS.HI/c17-16(18-8-7-14-5-3-9-21-14)19-11-13-10-12-4-1-2-6-15(12)20-13;/h1-6,9-10H,7-8,11H2,(H3,17,18,19);1H. The van der Waals surface area contributed by atoms with Gasteiger partial charge in [-0.1, -0.05) is 24.3 Å². The molecule has 0 spiro atoms. The molecular formula is C16H18IN3OS. The molecule has 0 bridgehead atoms. The summed E-state index contributed by atoms with van der Waals surface area (Å²) in [7, 11) is 0. The Bertz CT molecular complexity index is 704. The summed E-state index contributed by atoms with van der Waals surface area (Å²) in [6.45, 7) is 1.24. The average Bonchev–Trinajstić information content (AvgIpc) is 3.13. The fraction of sp³-hybridized carbons (Fsp3) is 0.188. The summed E-state index contributed by atoms with van der Waals surface area (Å²) in [5, 5.41) is 6.29. The molecule has 3 aromatic rings. The van der Waals surface area contributed by atoms with E-state index in [-0.39, 0.29) is 24.0 Å². The number of hydrogen-bond donors (Lipinski definition) is 2. The number of aliphatic imine (C=N–C) groups is 1. The Labute approximate surface area is 150 Å². The van der Waals surface area contributed by atoms with Gasteiger partial charge >= 0.3 is 0 Å². The molecule has 0 aliphatic heterocycles. The van der Waals surface area contributed by atoms with E-state index in [1.807, 2.05) is 30.3 Å². The first-order chi connectivity index (χ1) is 10.3. The molecule has 1 aromatic carbocycles. The summed E-state index contributed by atoms with van der Waals surface area (Å²) in [5.74, 6) is 1.27. The number of halogens is 1. The van der Waals surface area contributed by atoms with Crippen LogP contribution >= 0.6 is 35.3 Å². The third kappa shape index (κ3) is 4.48. The first-order valence-corrected chi connectivity index (χ1v) is 7.73. The maximum absolute atomic E-state index is 5.86. The monoisotopic (exact) mass is 427 g/mol. The van der Waals surface area contributed by atoms with Crippen LogP contribution in [0.1, 0.15) is 10.6 Å². The van der Waals surface area contributed by atoms with Crippen LogP contribution in [0.15, 0.2) is 57.3 Å². The van der Waals surface area contributed by atoms with Gasteiger partial charge in [0.15, 0.2) is 5.96 Å². The van der Waals surface area contributed by atoms with Gasteiger partial charge in [0.25, 0.3) is 0 Å². The highest BCUT2D eigenvalue weighted by Gasteiger charge is 2.02. The highest BCUT2D eigenvalue weighted by atomic mass is 127. The molecule has 0 unspecified atom stereocenters.